The van der Waals surface area contributed by atoms with Crippen molar-refractivity contribution >= 4 is 0 Å². The Kier molecular flexibility index (Phi) is 6.36. The number of hydrogen-bond acceptors (Lipinski definition) is 7. The molecule has 3 aliphatic rings. The highest BCUT2D eigenvalue weighted by atomic mass is 16.5. The van der Waals surface area contributed by atoms with Crippen molar-refractivity contribution in [2.75, 3.05) is 21.3 Å². The van der Waals surface area contributed by atoms with Crippen LogP contribution in [0.2, 0.25) is 0 Å². The molecule has 7 nitrogen and oxygen atoms in total. The molecular weight excluding hydrogens is 328 g/mol. The topological polar surface area (TPSA) is 97.6 Å². The zero-order chi connectivity index (χ0) is 18.1. The van der Waals surface area contributed by atoms with Gasteiger partial charge in [-0.05, 0) is 38.0 Å². The van der Waals surface area contributed by atoms with Crippen LogP contribution >= 0.6 is 0 Å². The molecule has 146 valence electrons. The van der Waals surface area contributed by atoms with Crippen molar-refractivity contribution in [2.45, 2.75) is 80.9 Å². The summed E-state index contributed by atoms with van der Waals surface area (Å²) < 4.78 is 23.0. The molecule has 0 amide bonds. The van der Waals surface area contributed by atoms with E-state index in [1.54, 1.807) is 21.3 Å². The summed E-state index contributed by atoms with van der Waals surface area (Å²) in [6.45, 7) is 0. The standard InChI is InChI=1S/C18H32O7/c1-22-14-4-9(5-15(23-2)17(14)21)18-16(24-3)8-11-12(20)6-10(19)7-13(11)25-18/h9-21H,4-8H2,1-3H3. The zero-order valence-corrected chi connectivity index (χ0v) is 15.3. The molecule has 2 aliphatic carbocycles. The summed E-state index contributed by atoms with van der Waals surface area (Å²) in [5, 5.41) is 30.6. The molecule has 0 spiro atoms. The van der Waals surface area contributed by atoms with Crippen molar-refractivity contribution in [3.63, 3.8) is 0 Å². The van der Waals surface area contributed by atoms with Crippen molar-refractivity contribution in [2.24, 2.45) is 11.8 Å². The van der Waals surface area contributed by atoms with Crippen molar-refractivity contribution in [3.8, 4) is 0 Å². The van der Waals surface area contributed by atoms with Gasteiger partial charge in [-0.15, -0.1) is 0 Å². The second-order valence-electron chi connectivity index (χ2n) is 7.78. The Labute approximate surface area is 149 Å². The molecule has 0 radical (unpaired) electrons. The summed E-state index contributed by atoms with van der Waals surface area (Å²) >= 11 is 0. The molecule has 2 saturated carbocycles. The highest BCUT2D eigenvalue weighted by Gasteiger charge is 2.50. The first-order valence-corrected chi connectivity index (χ1v) is 9.26. The predicted octanol–water partition coefficient (Wildman–Crippen LogP) is 0.0916. The van der Waals surface area contributed by atoms with Crippen LogP contribution in [-0.4, -0.2) is 85.5 Å². The predicted molar refractivity (Wildman–Crippen MR) is 89.1 cm³/mol. The van der Waals surface area contributed by atoms with E-state index in [1.807, 2.05) is 0 Å². The highest BCUT2D eigenvalue weighted by molar-refractivity contribution is 4.99. The number of methoxy groups -OCH3 is 3. The number of aliphatic hydroxyl groups is 3. The first kappa shape index (κ1) is 19.5. The smallest absolute Gasteiger partial charge is 0.106 e. The van der Waals surface area contributed by atoms with E-state index in [4.69, 9.17) is 18.9 Å². The van der Waals surface area contributed by atoms with Crippen LogP contribution in [0.25, 0.3) is 0 Å². The van der Waals surface area contributed by atoms with E-state index < -0.39 is 18.3 Å². The molecule has 1 saturated heterocycles. The third-order valence-electron chi connectivity index (χ3n) is 6.40. The van der Waals surface area contributed by atoms with E-state index in [0.717, 1.165) is 0 Å². The van der Waals surface area contributed by atoms with Gasteiger partial charge in [0.1, 0.15) is 6.10 Å². The fraction of sp³-hybridized carbons (Fsp3) is 1.00. The number of hydrogen-bond donors (Lipinski definition) is 3. The van der Waals surface area contributed by atoms with E-state index in [-0.39, 0.29) is 42.4 Å². The van der Waals surface area contributed by atoms with Crippen molar-refractivity contribution in [1.29, 1.82) is 0 Å². The molecule has 8 atom stereocenters. The van der Waals surface area contributed by atoms with Crippen LogP contribution in [0.15, 0.2) is 0 Å². The summed E-state index contributed by atoms with van der Waals surface area (Å²) in [7, 11) is 4.87. The van der Waals surface area contributed by atoms with Crippen LogP contribution in [0.4, 0.5) is 0 Å². The Morgan fingerprint density at radius 2 is 1.36 bits per heavy atom. The molecule has 0 aromatic rings. The van der Waals surface area contributed by atoms with Crippen molar-refractivity contribution in [1.82, 2.24) is 0 Å². The van der Waals surface area contributed by atoms with E-state index >= 15 is 0 Å². The SMILES string of the molecule is COC1CC(C2OC3CC(O)CC(O)C3CC2OC)CC(OC)C1O. The Hall–Kier alpha value is -0.280. The lowest BCUT2D eigenvalue weighted by atomic mass is 9.72. The fourth-order valence-corrected chi connectivity index (χ4v) is 4.99. The quantitative estimate of drug-likeness (QED) is 0.654. The summed E-state index contributed by atoms with van der Waals surface area (Å²) in [5.41, 5.74) is 0. The largest absolute Gasteiger partial charge is 0.393 e. The highest BCUT2D eigenvalue weighted by Crippen LogP contribution is 2.42. The van der Waals surface area contributed by atoms with Crippen LogP contribution in [0.1, 0.15) is 32.1 Å². The average Bonchev–Trinajstić information content (AvgIpc) is 2.60. The summed E-state index contributed by atoms with van der Waals surface area (Å²) in [5.74, 6) is 0.121. The van der Waals surface area contributed by atoms with E-state index in [2.05, 4.69) is 0 Å². The fourth-order valence-electron chi connectivity index (χ4n) is 4.99. The maximum absolute atomic E-state index is 10.3. The van der Waals surface area contributed by atoms with Gasteiger partial charge in [0.05, 0.1) is 42.7 Å². The lowest BCUT2D eigenvalue weighted by Gasteiger charge is -2.50. The molecule has 3 rings (SSSR count). The normalized spacial score (nSPS) is 51.1. The summed E-state index contributed by atoms with van der Waals surface area (Å²) in [6.07, 6.45) is 0.225. The second-order valence-corrected chi connectivity index (χ2v) is 7.78. The maximum Gasteiger partial charge on any atom is 0.106 e. The second kappa shape index (κ2) is 8.17. The van der Waals surface area contributed by atoms with Gasteiger partial charge in [-0.25, -0.2) is 0 Å². The van der Waals surface area contributed by atoms with E-state index in [9.17, 15) is 15.3 Å². The van der Waals surface area contributed by atoms with Crippen molar-refractivity contribution in [3.05, 3.63) is 0 Å². The number of ether oxygens (including phenoxy) is 4. The van der Waals surface area contributed by atoms with Crippen LogP contribution in [0.3, 0.4) is 0 Å². The minimum atomic E-state index is -0.651. The number of aliphatic hydroxyl groups excluding tert-OH is 3. The first-order valence-electron chi connectivity index (χ1n) is 9.26. The molecule has 3 fully saturated rings. The molecule has 8 unspecified atom stereocenters. The van der Waals surface area contributed by atoms with Crippen LogP contribution < -0.4 is 0 Å². The average molecular weight is 360 g/mol. The molecule has 7 heteroatoms. The molecule has 3 N–H and O–H groups in total. The molecule has 0 aromatic carbocycles. The minimum absolute atomic E-state index is 0.00442. The first-order chi connectivity index (χ1) is 12.0. The van der Waals surface area contributed by atoms with Gasteiger partial charge in [0.25, 0.3) is 0 Å². The van der Waals surface area contributed by atoms with Crippen LogP contribution in [0.5, 0.6) is 0 Å². The lowest BCUT2D eigenvalue weighted by molar-refractivity contribution is -0.229. The van der Waals surface area contributed by atoms with Gasteiger partial charge in [0, 0.05) is 27.2 Å². The Bertz CT molecular complexity index is 420. The van der Waals surface area contributed by atoms with Gasteiger partial charge >= 0.3 is 0 Å². The van der Waals surface area contributed by atoms with Crippen LogP contribution in [0, 0.1) is 11.8 Å². The monoisotopic (exact) mass is 360 g/mol. The van der Waals surface area contributed by atoms with Gasteiger partial charge in [-0.2, -0.15) is 0 Å². The van der Waals surface area contributed by atoms with Crippen LogP contribution in [-0.2, 0) is 18.9 Å². The minimum Gasteiger partial charge on any atom is -0.393 e. The Morgan fingerprint density at radius 3 is 1.92 bits per heavy atom. The van der Waals surface area contributed by atoms with Gasteiger partial charge in [0.2, 0.25) is 0 Å². The summed E-state index contributed by atoms with van der Waals surface area (Å²) in [6, 6.07) is 0. The van der Waals surface area contributed by atoms with Gasteiger partial charge < -0.3 is 34.3 Å². The summed E-state index contributed by atoms with van der Waals surface area (Å²) in [4.78, 5) is 0. The third-order valence-corrected chi connectivity index (χ3v) is 6.40. The van der Waals surface area contributed by atoms with Gasteiger partial charge in [-0.1, -0.05) is 0 Å². The molecule has 0 aromatic heterocycles. The number of rotatable bonds is 4. The maximum atomic E-state index is 10.3. The Morgan fingerprint density at radius 1 is 0.760 bits per heavy atom. The molecule has 0 bridgehead atoms. The van der Waals surface area contributed by atoms with Gasteiger partial charge in [0.15, 0.2) is 0 Å². The molecule has 1 aliphatic heterocycles. The zero-order valence-electron chi connectivity index (χ0n) is 15.3. The van der Waals surface area contributed by atoms with Crippen molar-refractivity contribution < 1.29 is 34.3 Å². The number of fused-ring (bicyclic) bond motifs is 1. The van der Waals surface area contributed by atoms with E-state index in [1.165, 1.54) is 0 Å². The Balaban J connectivity index is 1.75. The molecule has 25 heavy (non-hydrogen) atoms. The molecule has 1 heterocycles. The third kappa shape index (κ3) is 3.88. The van der Waals surface area contributed by atoms with Gasteiger partial charge in [-0.3, -0.25) is 0 Å². The lowest BCUT2D eigenvalue weighted by Crippen LogP contribution is -2.57. The van der Waals surface area contributed by atoms with E-state index in [0.29, 0.717) is 32.1 Å². The molecular formula is C18H32O7.